The molecule has 0 unspecified atom stereocenters. The van der Waals surface area contributed by atoms with Crippen LogP contribution in [0.3, 0.4) is 0 Å². The molecule has 0 radical (unpaired) electrons. The molecule has 6 heteroatoms. The largest absolute Gasteiger partial charge is 0.490 e. The van der Waals surface area contributed by atoms with E-state index >= 15 is 0 Å². The fraction of sp³-hybridized carbons (Fsp3) is 0.300. The lowest BCUT2D eigenvalue weighted by Gasteiger charge is -2.12. The van der Waals surface area contributed by atoms with Crippen LogP contribution < -0.4 is 9.47 Å². The highest BCUT2D eigenvalue weighted by Gasteiger charge is 2.19. The van der Waals surface area contributed by atoms with Crippen molar-refractivity contribution in [3.63, 3.8) is 0 Å². The molecule has 0 amide bonds. The van der Waals surface area contributed by atoms with Crippen molar-refractivity contribution < 1.29 is 28.2 Å². The van der Waals surface area contributed by atoms with Crippen molar-refractivity contribution in [2.24, 2.45) is 0 Å². The Morgan fingerprint density at radius 2 is 2.19 bits per heavy atom. The van der Waals surface area contributed by atoms with E-state index in [1.165, 1.54) is 18.2 Å². The van der Waals surface area contributed by atoms with Gasteiger partial charge in [0.25, 0.3) is 0 Å². The van der Waals surface area contributed by atoms with E-state index in [1.807, 2.05) is 0 Å². The van der Waals surface area contributed by atoms with Gasteiger partial charge in [0, 0.05) is 0 Å². The van der Waals surface area contributed by atoms with Crippen molar-refractivity contribution >= 4 is 5.97 Å². The number of rotatable bonds is 5. The Morgan fingerprint density at radius 1 is 1.50 bits per heavy atom. The topological polar surface area (TPSA) is 55.8 Å². The number of ether oxygens (including phenoxy) is 2. The molecule has 88 valence electrons. The Morgan fingerprint density at radius 3 is 2.69 bits per heavy atom. The predicted octanol–water partition coefficient (Wildman–Crippen LogP) is 2.38. The first kappa shape index (κ1) is 12.2. The minimum Gasteiger partial charge on any atom is -0.490 e. The van der Waals surface area contributed by atoms with Crippen molar-refractivity contribution in [3.05, 3.63) is 23.8 Å². The number of hydrogen-bond donors (Lipinski definition) is 1. The monoisotopic (exact) mass is 232 g/mol. The van der Waals surface area contributed by atoms with E-state index in [1.54, 1.807) is 6.92 Å². The van der Waals surface area contributed by atoms with Gasteiger partial charge in [0.15, 0.2) is 11.5 Å². The van der Waals surface area contributed by atoms with Gasteiger partial charge in [0.05, 0.1) is 6.61 Å². The average Bonchev–Trinajstić information content (AvgIpc) is 2.19. The first-order valence-electron chi connectivity index (χ1n) is 4.50. The Hall–Kier alpha value is -1.85. The van der Waals surface area contributed by atoms with Gasteiger partial charge in [-0.25, -0.2) is 4.79 Å². The smallest absolute Gasteiger partial charge is 0.387 e. The van der Waals surface area contributed by atoms with Crippen LogP contribution in [0.15, 0.2) is 18.2 Å². The molecule has 0 fully saturated rings. The van der Waals surface area contributed by atoms with E-state index < -0.39 is 18.3 Å². The van der Waals surface area contributed by atoms with Crippen LogP contribution >= 0.6 is 0 Å². The normalized spacial score (nSPS) is 10.2. The third-order valence-electron chi connectivity index (χ3n) is 1.72. The Labute approximate surface area is 90.4 Å². The zero-order valence-corrected chi connectivity index (χ0v) is 8.44. The summed E-state index contributed by atoms with van der Waals surface area (Å²) in [6.07, 6.45) is 0. The van der Waals surface area contributed by atoms with E-state index in [0.29, 0.717) is 0 Å². The van der Waals surface area contributed by atoms with Gasteiger partial charge >= 0.3 is 12.6 Å². The van der Waals surface area contributed by atoms with E-state index in [4.69, 9.17) is 9.84 Å². The highest BCUT2D eigenvalue weighted by atomic mass is 19.3. The summed E-state index contributed by atoms with van der Waals surface area (Å²) in [5.41, 5.74) is -0.355. The number of aromatic carboxylic acids is 1. The number of benzene rings is 1. The van der Waals surface area contributed by atoms with Gasteiger partial charge in [0.1, 0.15) is 5.56 Å². The second-order valence-electron chi connectivity index (χ2n) is 2.75. The van der Waals surface area contributed by atoms with Gasteiger partial charge in [-0.1, -0.05) is 6.07 Å². The standard InChI is InChI=1S/C10H10F2O4/c1-2-15-7-5-3-4-6(9(13)14)8(7)16-10(11)12/h3-5,10H,2H2,1H3,(H,13,14). The lowest BCUT2D eigenvalue weighted by molar-refractivity contribution is -0.0519. The van der Waals surface area contributed by atoms with Crippen LogP contribution in [0.4, 0.5) is 8.78 Å². The minimum absolute atomic E-state index is 0.0114. The van der Waals surface area contributed by atoms with Crippen molar-refractivity contribution in [3.8, 4) is 11.5 Å². The molecule has 0 atom stereocenters. The number of halogens is 2. The molecule has 0 aliphatic rings. The molecule has 1 N–H and O–H groups in total. The predicted molar refractivity (Wildman–Crippen MR) is 51.2 cm³/mol. The van der Waals surface area contributed by atoms with Crippen LogP contribution in [-0.4, -0.2) is 24.3 Å². The number of carboxylic acid groups (broad SMARTS) is 1. The van der Waals surface area contributed by atoms with Crippen LogP contribution in [0.1, 0.15) is 17.3 Å². The van der Waals surface area contributed by atoms with Gasteiger partial charge in [-0.05, 0) is 19.1 Å². The first-order chi connectivity index (χ1) is 7.56. The van der Waals surface area contributed by atoms with Crippen LogP contribution in [0, 0.1) is 0 Å². The van der Waals surface area contributed by atoms with Crippen molar-refractivity contribution in [1.82, 2.24) is 0 Å². The van der Waals surface area contributed by atoms with Crippen LogP contribution in [0.5, 0.6) is 11.5 Å². The quantitative estimate of drug-likeness (QED) is 0.846. The molecule has 0 saturated carbocycles. The molecular weight excluding hydrogens is 222 g/mol. The zero-order valence-electron chi connectivity index (χ0n) is 8.44. The second kappa shape index (κ2) is 5.29. The molecule has 0 aromatic heterocycles. The summed E-state index contributed by atoms with van der Waals surface area (Å²) >= 11 is 0. The molecule has 1 rings (SSSR count). The Kier molecular flexibility index (Phi) is 4.04. The summed E-state index contributed by atoms with van der Waals surface area (Å²) in [5, 5.41) is 8.79. The second-order valence-corrected chi connectivity index (χ2v) is 2.75. The van der Waals surface area contributed by atoms with Gasteiger partial charge in [-0.3, -0.25) is 0 Å². The van der Waals surface area contributed by atoms with Crippen LogP contribution in [0.2, 0.25) is 0 Å². The Balaban J connectivity index is 3.17. The molecule has 16 heavy (non-hydrogen) atoms. The minimum atomic E-state index is -3.10. The average molecular weight is 232 g/mol. The summed E-state index contributed by atoms with van der Waals surface area (Å²) < 4.78 is 33.4. The van der Waals surface area contributed by atoms with E-state index in [2.05, 4.69) is 4.74 Å². The van der Waals surface area contributed by atoms with Crippen LogP contribution in [-0.2, 0) is 0 Å². The summed E-state index contributed by atoms with van der Waals surface area (Å²) in [4.78, 5) is 10.8. The fourth-order valence-electron chi connectivity index (χ4n) is 1.16. The summed E-state index contributed by atoms with van der Waals surface area (Å²) in [6, 6.07) is 3.93. The fourth-order valence-corrected chi connectivity index (χ4v) is 1.16. The van der Waals surface area contributed by atoms with Crippen LogP contribution in [0.25, 0.3) is 0 Å². The molecular formula is C10H10F2O4. The molecule has 0 saturated heterocycles. The maximum atomic E-state index is 12.1. The maximum Gasteiger partial charge on any atom is 0.387 e. The highest BCUT2D eigenvalue weighted by Crippen LogP contribution is 2.32. The van der Waals surface area contributed by atoms with Crippen molar-refractivity contribution in [1.29, 1.82) is 0 Å². The molecule has 0 bridgehead atoms. The summed E-state index contributed by atoms with van der Waals surface area (Å²) in [7, 11) is 0. The summed E-state index contributed by atoms with van der Waals surface area (Å²) in [5.74, 6) is -1.81. The molecule has 1 aromatic rings. The number of para-hydroxylation sites is 1. The Bertz CT molecular complexity index is 379. The van der Waals surface area contributed by atoms with Crippen molar-refractivity contribution in [2.45, 2.75) is 13.5 Å². The first-order valence-corrected chi connectivity index (χ1v) is 4.50. The molecule has 0 aliphatic heterocycles. The van der Waals surface area contributed by atoms with Gasteiger partial charge in [-0.2, -0.15) is 8.78 Å². The molecule has 1 aromatic carbocycles. The highest BCUT2D eigenvalue weighted by molar-refractivity contribution is 5.92. The number of hydrogen-bond acceptors (Lipinski definition) is 3. The zero-order chi connectivity index (χ0) is 12.1. The molecule has 4 nitrogen and oxygen atoms in total. The van der Waals surface area contributed by atoms with Gasteiger partial charge in [0.2, 0.25) is 0 Å². The molecule has 0 spiro atoms. The van der Waals surface area contributed by atoms with E-state index in [9.17, 15) is 13.6 Å². The number of carbonyl (C=O) groups is 1. The lowest BCUT2D eigenvalue weighted by atomic mass is 10.2. The SMILES string of the molecule is CCOc1cccc(C(=O)O)c1OC(F)F. The third kappa shape index (κ3) is 2.82. The molecule has 0 heterocycles. The summed E-state index contributed by atoms with van der Waals surface area (Å²) in [6.45, 7) is -1.22. The maximum absolute atomic E-state index is 12.1. The van der Waals surface area contributed by atoms with Crippen molar-refractivity contribution in [2.75, 3.05) is 6.61 Å². The number of alkyl halides is 2. The lowest BCUT2D eigenvalue weighted by Crippen LogP contribution is -2.09. The van der Waals surface area contributed by atoms with E-state index in [-0.39, 0.29) is 17.9 Å². The van der Waals surface area contributed by atoms with E-state index in [0.717, 1.165) is 0 Å². The molecule has 0 aliphatic carbocycles. The van der Waals surface area contributed by atoms with Gasteiger partial charge in [-0.15, -0.1) is 0 Å². The third-order valence-corrected chi connectivity index (χ3v) is 1.72. The number of carboxylic acids is 1. The van der Waals surface area contributed by atoms with Gasteiger partial charge < -0.3 is 14.6 Å².